The molecule has 1 aromatic carbocycles. The van der Waals surface area contributed by atoms with Gasteiger partial charge in [0.1, 0.15) is 6.10 Å². The van der Waals surface area contributed by atoms with Gasteiger partial charge in [-0.25, -0.2) is 0 Å². The van der Waals surface area contributed by atoms with Crippen LogP contribution in [-0.4, -0.2) is 38.1 Å². The number of Topliss-reactive ketones (excluding diaryl/α,β-unsaturated/α-hetero) is 1. The van der Waals surface area contributed by atoms with Crippen LogP contribution in [0.25, 0.3) is 0 Å². The molecule has 0 aliphatic carbocycles. The molecule has 0 spiro atoms. The van der Waals surface area contributed by atoms with E-state index in [1.54, 1.807) is 0 Å². The van der Waals surface area contributed by atoms with E-state index < -0.39 is 0 Å². The van der Waals surface area contributed by atoms with Crippen LogP contribution in [0.5, 0.6) is 0 Å². The molecule has 4 nitrogen and oxygen atoms in total. The van der Waals surface area contributed by atoms with E-state index in [0.717, 1.165) is 6.54 Å². The average molecular weight is 234 g/mol. The largest absolute Gasteiger partial charge is 0.368 e. The molecule has 1 aliphatic heterocycles. The van der Waals surface area contributed by atoms with Gasteiger partial charge in [-0.3, -0.25) is 4.79 Å². The molecule has 1 heterocycles. The van der Waals surface area contributed by atoms with Gasteiger partial charge in [-0.2, -0.15) is 0 Å². The van der Waals surface area contributed by atoms with Gasteiger partial charge in [0.2, 0.25) is 0 Å². The Kier molecular flexibility index (Phi) is 4.67. The number of hydrogen-bond acceptors (Lipinski definition) is 4. The first-order valence-electron chi connectivity index (χ1n) is 5.96. The lowest BCUT2D eigenvalue weighted by molar-refractivity contribution is -0.131. The van der Waals surface area contributed by atoms with Gasteiger partial charge in [-0.05, 0) is 5.56 Å². The van der Waals surface area contributed by atoms with Crippen LogP contribution in [0.4, 0.5) is 0 Å². The predicted molar refractivity (Wildman–Crippen MR) is 65.8 cm³/mol. The molecular formula is C13H18N2O2. The van der Waals surface area contributed by atoms with Gasteiger partial charge < -0.3 is 15.4 Å². The minimum atomic E-state index is -0.285. The monoisotopic (exact) mass is 234 g/mol. The molecule has 1 aliphatic rings. The molecule has 1 saturated heterocycles. The molecule has 92 valence electrons. The zero-order valence-corrected chi connectivity index (χ0v) is 9.82. The highest BCUT2D eigenvalue weighted by Crippen LogP contribution is 1.99. The Hall–Kier alpha value is -1.23. The van der Waals surface area contributed by atoms with Crippen LogP contribution in [0, 0.1) is 0 Å². The minimum Gasteiger partial charge on any atom is -0.368 e. The molecule has 0 radical (unpaired) electrons. The van der Waals surface area contributed by atoms with Gasteiger partial charge >= 0.3 is 0 Å². The molecule has 17 heavy (non-hydrogen) atoms. The fourth-order valence-corrected chi connectivity index (χ4v) is 1.81. The maximum atomic E-state index is 11.8. The van der Waals surface area contributed by atoms with Crippen molar-refractivity contribution < 1.29 is 9.53 Å². The summed E-state index contributed by atoms with van der Waals surface area (Å²) in [5, 5.41) is 6.29. The lowest BCUT2D eigenvalue weighted by Gasteiger charge is -2.22. The van der Waals surface area contributed by atoms with Crippen LogP contribution in [-0.2, 0) is 16.1 Å². The fourth-order valence-electron chi connectivity index (χ4n) is 1.81. The molecular weight excluding hydrogens is 216 g/mol. The van der Waals surface area contributed by atoms with Crippen LogP contribution in [0.3, 0.4) is 0 Å². The normalized spacial score (nSPS) is 20.1. The number of hydrogen-bond donors (Lipinski definition) is 2. The molecule has 1 fully saturated rings. The molecule has 4 heteroatoms. The quantitative estimate of drug-likeness (QED) is 0.771. The summed E-state index contributed by atoms with van der Waals surface area (Å²) in [6.07, 6.45) is -0.285. The third-order valence-electron chi connectivity index (χ3n) is 2.76. The average Bonchev–Trinajstić information content (AvgIpc) is 2.41. The van der Waals surface area contributed by atoms with Gasteiger partial charge in [0.05, 0.1) is 13.2 Å². The number of carbonyl (C=O) groups is 1. The Morgan fingerprint density at radius 1 is 1.41 bits per heavy atom. The van der Waals surface area contributed by atoms with E-state index >= 15 is 0 Å². The SMILES string of the molecule is O=C(CNCc1ccccc1)C1CNCCO1. The minimum absolute atomic E-state index is 0.119. The van der Waals surface area contributed by atoms with Crippen molar-refractivity contribution in [2.24, 2.45) is 0 Å². The number of carbonyl (C=O) groups excluding carboxylic acids is 1. The highest BCUT2D eigenvalue weighted by Gasteiger charge is 2.20. The zero-order chi connectivity index (χ0) is 11.9. The first-order chi connectivity index (χ1) is 8.36. The Morgan fingerprint density at radius 3 is 2.94 bits per heavy atom. The van der Waals surface area contributed by atoms with E-state index in [2.05, 4.69) is 10.6 Å². The molecule has 2 rings (SSSR count). The van der Waals surface area contributed by atoms with E-state index in [9.17, 15) is 4.79 Å². The van der Waals surface area contributed by atoms with Gasteiger partial charge in [0, 0.05) is 19.6 Å². The van der Waals surface area contributed by atoms with E-state index in [4.69, 9.17) is 4.74 Å². The molecule has 1 atom stereocenters. The predicted octanol–water partition coefficient (Wildman–Crippen LogP) is 0.334. The number of ether oxygens (including phenoxy) is 1. The zero-order valence-electron chi connectivity index (χ0n) is 9.82. The van der Waals surface area contributed by atoms with Crippen molar-refractivity contribution in [2.45, 2.75) is 12.6 Å². The topological polar surface area (TPSA) is 50.4 Å². The number of morpholine rings is 1. The second kappa shape index (κ2) is 6.49. The Bertz CT molecular complexity index is 348. The van der Waals surface area contributed by atoms with Gasteiger partial charge in [0.15, 0.2) is 5.78 Å². The van der Waals surface area contributed by atoms with E-state index in [1.807, 2.05) is 30.3 Å². The lowest BCUT2D eigenvalue weighted by Crippen LogP contribution is -2.45. The lowest BCUT2D eigenvalue weighted by atomic mass is 10.2. The van der Waals surface area contributed by atoms with Crippen molar-refractivity contribution >= 4 is 5.78 Å². The second-order valence-electron chi connectivity index (χ2n) is 4.12. The number of benzene rings is 1. The summed E-state index contributed by atoms with van der Waals surface area (Å²) in [4.78, 5) is 11.8. The molecule has 1 unspecified atom stereocenters. The van der Waals surface area contributed by atoms with E-state index in [1.165, 1.54) is 5.56 Å². The molecule has 0 aromatic heterocycles. The highest BCUT2D eigenvalue weighted by molar-refractivity contribution is 5.85. The standard InChI is InChI=1S/C13H18N2O2/c16-12(13-10-14-6-7-17-13)9-15-8-11-4-2-1-3-5-11/h1-5,13-15H,6-10H2. The fraction of sp³-hybridized carbons (Fsp3) is 0.462. The molecule has 2 N–H and O–H groups in total. The van der Waals surface area contributed by atoms with E-state index in [-0.39, 0.29) is 11.9 Å². The second-order valence-corrected chi connectivity index (χ2v) is 4.12. The summed E-state index contributed by atoms with van der Waals surface area (Å²) in [6.45, 7) is 3.16. The van der Waals surface area contributed by atoms with Gasteiger partial charge in [-0.15, -0.1) is 0 Å². The summed E-state index contributed by atoms with van der Waals surface area (Å²) in [6, 6.07) is 10.0. The van der Waals surface area contributed by atoms with Crippen LogP contribution >= 0.6 is 0 Å². The van der Waals surface area contributed by atoms with Crippen LogP contribution in [0.15, 0.2) is 30.3 Å². The number of ketones is 1. The maximum absolute atomic E-state index is 11.8. The van der Waals surface area contributed by atoms with Crippen molar-refractivity contribution in [3.63, 3.8) is 0 Å². The summed E-state index contributed by atoms with van der Waals surface area (Å²) >= 11 is 0. The Labute approximate surface area is 101 Å². The first-order valence-corrected chi connectivity index (χ1v) is 5.96. The third-order valence-corrected chi connectivity index (χ3v) is 2.76. The van der Waals surface area contributed by atoms with Gasteiger partial charge in [-0.1, -0.05) is 30.3 Å². The Morgan fingerprint density at radius 2 is 2.24 bits per heavy atom. The summed E-state index contributed by atoms with van der Waals surface area (Å²) < 4.78 is 5.39. The molecule has 1 aromatic rings. The van der Waals surface area contributed by atoms with E-state index in [0.29, 0.717) is 26.2 Å². The number of nitrogens with one attached hydrogen (secondary N) is 2. The van der Waals surface area contributed by atoms with Crippen LogP contribution in [0.1, 0.15) is 5.56 Å². The van der Waals surface area contributed by atoms with Crippen molar-refractivity contribution in [1.82, 2.24) is 10.6 Å². The molecule has 0 bridgehead atoms. The van der Waals surface area contributed by atoms with Crippen molar-refractivity contribution in [3.8, 4) is 0 Å². The smallest absolute Gasteiger partial charge is 0.176 e. The van der Waals surface area contributed by atoms with Crippen molar-refractivity contribution in [1.29, 1.82) is 0 Å². The summed E-state index contributed by atoms with van der Waals surface area (Å²) in [7, 11) is 0. The molecule has 0 saturated carbocycles. The van der Waals surface area contributed by atoms with Crippen LogP contribution in [0.2, 0.25) is 0 Å². The molecule has 0 amide bonds. The summed E-state index contributed by atoms with van der Waals surface area (Å²) in [5.74, 6) is 0.119. The Balaban J connectivity index is 1.69. The maximum Gasteiger partial charge on any atom is 0.176 e. The number of rotatable bonds is 5. The summed E-state index contributed by atoms with van der Waals surface area (Å²) in [5.41, 5.74) is 1.18. The highest BCUT2D eigenvalue weighted by atomic mass is 16.5. The first kappa shape index (κ1) is 12.2. The van der Waals surface area contributed by atoms with Crippen LogP contribution < -0.4 is 10.6 Å². The van der Waals surface area contributed by atoms with Crippen molar-refractivity contribution in [3.05, 3.63) is 35.9 Å². The van der Waals surface area contributed by atoms with Gasteiger partial charge in [0.25, 0.3) is 0 Å². The van der Waals surface area contributed by atoms with Crippen molar-refractivity contribution in [2.75, 3.05) is 26.2 Å². The third kappa shape index (κ3) is 3.93.